The van der Waals surface area contributed by atoms with Crippen LogP contribution in [0.1, 0.15) is 33.3 Å². The topological polar surface area (TPSA) is 130 Å². The van der Waals surface area contributed by atoms with Crippen LogP contribution in [0.25, 0.3) is 0 Å². The molecule has 3 aromatic rings. The lowest BCUT2D eigenvalue weighted by atomic mass is 10.1. The van der Waals surface area contributed by atoms with E-state index in [4.69, 9.17) is 23.2 Å². The van der Waals surface area contributed by atoms with Gasteiger partial charge in [-0.25, -0.2) is 8.42 Å². The minimum Gasteiger partial charge on any atom is -0.350 e. The van der Waals surface area contributed by atoms with Gasteiger partial charge in [0.2, 0.25) is 11.8 Å². The highest BCUT2D eigenvalue weighted by atomic mass is 35.5. The summed E-state index contributed by atoms with van der Waals surface area (Å²) in [5, 5.41) is 14.6. The molecule has 13 heteroatoms. The number of nitro benzene ring substituents is 1. The van der Waals surface area contributed by atoms with Crippen LogP contribution in [-0.4, -0.2) is 48.2 Å². The second kappa shape index (κ2) is 12.9. The molecule has 1 atom stereocenters. The minimum absolute atomic E-state index is 0.0362. The Bertz CT molecular complexity index is 1530. The maximum Gasteiger partial charge on any atom is 0.269 e. The third-order valence-electron chi connectivity index (χ3n) is 5.96. The van der Waals surface area contributed by atoms with Crippen molar-refractivity contribution in [1.29, 1.82) is 0 Å². The molecule has 0 aromatic heterocycles. The first-order valence-electron chi connectivity index (χ1n) is 12.5. The van der Waals surface area contributed by atoms with E-state index in [1.807, 2.05) is 0 Å². The molecule has 3 rings (SSSR count). The predicted octanol–water partition coefficient (Wildman–Crippen LogP) is 5.43. The molecular formula is C28H30Cl2N4O6S. The zero-order valence-electron chi connectivity index (χ0n) is 22.9. The van der Waals surface area contributed by atoms with Gasteiger partial charge in [-0.1, -0.05) is 47.5 Å². The number of carbonyl (C=O) groups is 2. The Labute approximate surface area is 249 Å². The van der Waals surface area contributed by atoms with Crippen LogP contribution in [0.2, 0.25) is 10.0 Å². The summed E-state index contributed by atoms with van der Waals surface area (Å²) in [6.07, 6.45) is 0. The van der Waals surface area contributed by atoms with Crippen molar-refractivity contribution in [1.82, 2.24) is 10.2 Å². The van der Waals surface area contributed by atoms with Crippen LogP contribution in [0.3, 0.4) is 0 Å². The Hall–Kier alpha value is -3.67. The molecule has 0 radical (unpaired) electrons. The van der Waals surface area contributed by atoms with E-state index in [0.717, 1.165) is 16.4 Å². The lowest BCUT2D eigenvalue weighted by molar-refractivity contribution is -0.384. The fourth-order valence-electron chi connectivity index (χ4n) is 3.88. The van der Waals surface area contributed by atoms with Crippen molar-refractivity contribution in [2.45, 2.75) is 50.7 Å². The van der Waals surface area contributed by atoms with E-state index in [1.165, 1.54) is 41.3 Å². The van der Waals surface area contributed by atoms with E-state index < -0.39 is 44.9 Å². The second-order valence-electron chi connectivity index (χ2n) is 10.3. The third kappa shape index (κ3) is 8.18. The Morgan fingerprint density at radius 1 is 0.976 bits per heavy atom. The quantitative estimate of drug-likeness (QED) is 0.238. The Morgan fingerprint density at radius 2 is 1.59 bits per heavy atom. The summed E-state index contributed by atoms with van der Waals surface area (Å²) >= 11 is 12.2. The van der Waals surface area contributed by atoms with Gasteiger partial charge in [0.25, 0.3) is 15.7 Å². The molecule has 0 saturated carbocycles. The van der Waals surface area contributed by atoms with Gasteiger partial charge in [-0.3, -0.25) is 24.0 Å². The van der Waals surface area contributed by atoms with Crippen LogP contribution in [0.5, 0.6) is 0 Å². The van der Waals surface area contributed by atoms with Crippen LogP contribution in [0.4, 0.5) is 11.4 Å². The Kier molecular flexibility index (Phi) is 10.0. The molecule has 0 saturated heterocycles. The molecule has 41 heavy (non-hydrogen) atoms. The van der Waals surface area contributed by atoms with Gasteiger partial charge in [0.15, 0.2) is 0 Å². The number of hydrogen-bond acceptors (Lipinski definition) is 6. The van der Waals surface area contributed by atoms with Gasteiger partial charge in [-0.05, 0) is 69.7 Å². The molecule has 3 aromatic carbocycles. The number of nitro groups is 1. The van der Waals surface area contributed by atoms with E-state index in [9.17, 15) is 28.1 Å². The molecular weight excluding hydrogens is 591 g/mol. The highest BCUT2D eigenvalue weighted by Crippen LogP contribution is 2.27. The van der Waals surface area contributed by atoms with E-state index in [0.29, 0.717) is 10.6 Å². The summed E-state index contributed by atoms with van der Waals surface area (Å²) in [6, 6.07) is 16.1. The van der Waals surface area contributed by atoms with Gasteiger partial charge in [-0.2, -0.15) is 0 Å². The predicted molar refractivity (Wildman–Crippen MR) is 158 cm³/mol. The zero-order valence-corrected chi connectivity index (χ0v) is 25.2. The number of nitrogens with zero attached hydrogens (tertiary/aromatic N) is 3. The molecule has 0 aliphatic heterocycles. The molecule has 218 valence electrons. The fourth-order valence-corrected chi connectivity index (χ4v) is 5.64. The van der Waals surface area contributed by atoms with Crippen molar-refractivity contribution in [2.24, 2.45) is 0 Å². The smallest absolute Gasteiger partial charge is 0.269 e. The van der Waals surface area contributed by atoms with Gasteiger partial charge in [0, 0.05) is 24.2 Å². The van der Waals surface area contributed by atoms with Crippen LogP contribution in [0.15, 0.2) is 77.7 Å². The van der Waals surface area contributed by atoms with Gasteiger partial charge in [-0.15, -0.1) is 0 Å². The van der Waals surface area contributed by atoms with E-state index in [-0.39, 0.29) is 27.8 Å². The lowest BCUT2D eigenvalue weighted by Gasteiger charge is -2.33. The number of amides is 2. The number of rotatable bonds is 10. The number of non-ortho nitro benzene ring substituents is 1. The first-order chi connectivity index (χ1) is 19.1. The molecule has 10 nitrogen and oxygen atoms in total. The van der Waals surface area contributed by atoms with Crippen molar-refractivity contribution in [3.63, 3.8) is 0 Å². The molecule has 0 aliphatic carbocycles. The summed E-state index contributed by atoms with van der Waals surface area (Å²) in [4.78, 5) is 38.8. The monoisotopic (exact) mass is 620 g/mol. The van der Waals surface area contributed by atoms with Crippen LogP contribution in [0, 0.1) is 10.1 Å². The number of halogens is 2. The van der Waals surface area contributed by atoms with E-state index in [1.54, 1.807) is 52.0 Å². The van der Waals surface area contributed by atoms with Crippen molar-refractivity contribution >= 4 is 56.4 Å². The minimum atomic E-state index is -4.30. The molecule has 0 spiro atoms. The third-order valence-corrected chi connectivity index (χ3v) is 8.49. The fraction of sp³-hybridized carbons (Fsp3) is 0.286. The number of nitrogens with one attached hydrogen (secondary N) is 1. The molecule has 1 N–H and O–H groups in total. The van der Waals surface area contributed by atoms with E-state index >= 15 is 0 Å². The summed E-state index contributed by atoms with van der Waals surface area (Å²) < 4.78 is 28.4. The summed E-state index contributed by atoms with van der Waals surface area (Å²) in [6.45, 7) is 6.17. The standard InChI is InChI=1S/C28H30Cl2N4O6S/c1-19(27(36)31-28(2,3)4)32(17-20-10-15-24(29)25(30)16-20)26(35)18-33(21-11-13-22(14-12-21)34(37)38)41(39,40)23-8-6-5-7-9-23/h5-16,19H,17-18H2,1-4H3,(H,31,36). The van der Waals surface area contributed by atoms with Crippen molar-refractivity contribution in [2.75, 3.05) is 10.8 Å². The molecule has 2 amide bonds. The van der Waals surface area contributed by atoms with Gasteiger partial charge in [0.05, 0.1) is 25.6 Å². The Morgan fingerprint density at radius 3 is 2.12 bits per heavy atom. The Balaban J connectivity index is 2.06. The first-order valence-corrected chi connectivity index (χ1v) is 14.7. The van der Waals surface area contributed by atoms with Gasteiger partial charge >= 0.3 is 0 Å². The van der Waals surface area contributed by atoms with Crippen molar-refractivity contribution in [3.05, 3.63) is 98.5 Å². The largest absolute Gasteiger partial charge is 0.350 e. The van der Waals surface area contributed by atoms with Gasteiger partial charge < -0.3 is 10.2 Å². The number of anilines is 1. The first kappa shape index (κ1) is 31.9. The normalized spacial score (nSPS) is 12.3. The molecule has 0 aliphatic rings. The lowest BCUT2D eigenvalue weighted by Crippen LogP contribution is -2.54. The number of carbonyl (C=O) groups excluding carboxylic acids is 2. The summed E-state index contributed by atoms with van der Waals surface area (Å²) in [5.41, 5.74) is -0.235. The van der Waals surface area contributed by atoms with Crippen LogP contribution >= 0.6 is 23.2 Å². The van der Waals surface area contributed by atoms with E-state index in [2.05, 4.69) is 5.32 Å². The van der Waals surface area contributed by atoms with Crippen molar-refractivity contribution < 1.29 is 22.9 Å². The number of sulfonamides is 1. The number of benzene rings is 3. The summed E-state index contributed by atoms with van der Waals surface area (Å²) in [7, 11) is -4.30. The highest BCUT2D eigenvalue weighted by Gasteiger charge is 2.33. The van der Waals surface area contributed by atoms with Crippen molar-refractivity contribution in [3.8, 4) is 0 Å². The molecule has 0 heterocycles. The van der Waals surface area contributed by atoms with Gasteiger partial charge in [0.1, 0.15) is 12.6 Å². The second-order valence-corrected chi connectivity index (χ2v) is 13.0. The zero-order chi connectivity index (χ0) is 30.5. The van der Waals surface area contributed by atoms with Crippen LogP contribution < -0.4 is 9.62 Å². The maximum absolute atomic E-state index is 13.9. The molecule has 0 bridgehead atoms. The SMILES string of the molecule is CC(C(=O)NC(C)(C)C)N(Cc1ccc(Cl)c(Cl)c1)C(=O)CN(c1ccc([N+](=O)[O-])cc1)S(=O)(=O)c1ccccc1. The number of hydrogen-bond donors (Lipinski definition) is 1. The summed E-state index contributed by atoms with van der Waals surface area (Å²) in [5.74, 6) is -1.13. The average molecular weight is 622 g/mol. The molecule has 1 unspecified atom stereocenters. The van der Waals surface area contributed by atoms with Crippen LogP contribution in [-0.2, 0) is 26.2 Å². The molecule has 0 fully saturated rings. The highest BCUT2D eigenvalue weighted by molar-refractivity contribution is 7.92. The maximum atomic E-state index is 13.9. The average Bonchev–Trinajstić information content (AvgIpc) is 2.91.